The maximum absolute atomic E-state index is 12.1. The Bertz CT molecular complexity index is 845. The van der Waals surface area contributed by atoms with Gasteiger partial charge in [0.05, 0.1) is 18.4 Å². The highest BCUT2D eigenvalue weighted by molar-refractivity contribution is 9.10. The summed E-state index contributed by atoms with van der Waals surface area (Å²) < 4.78 is 11.2. The molecule has 1 heterocycles. The van der Waals surface area contributed by atoms with E-state index in [0.717, 1.165) is 22.0 Å². The number of hydrogen-bond donors (Lipinski definition) is 0. The topological polar surface area (TPSA) is 48.4 Å². The molecule has 1 aromatic heterocycles. The molecule has 0 aliphatic heterocycles. The van der Waals surface area contributed by atoms with Gasteiger partial charge in [-0.25, -0.2) is 9.78 Å². The third kappa shape index (κ3) is 3.83. The van der Waals surface area contributed by atoms with Crippen molar-refractivity contribution in [2.45, 2.75) is 6.61 Å². The average Bonchev–Trinajstić information content (AvgIpc) is 3.09. The molecule has 0 fully saturated rings. The Morgan fingerprint density at radius 2 is 1.92 bits per heavy atom. The van der Waals surface area contributed by atoms with Gasteiger partial charge in [-0.1, -0.05) is 12.1 Å². The lowest BCUT2D eigenvalue weighted by atomic mass is 10.2. The second-order valence-corrected chi connectivity index (χ2v) is 6.64. The van der Waals surface area contributed by atoms with Gasteiger partial charge in [0.2, 0.25) is 0 Å². The van der Waals surface area contributed by atoms with Gasteiger partial charge in [0.15, 0.2) is 0 Å². The summed E-state index contributed by atoms with van der Waals surface area (Å²) in [4.78, 5) is 16.6. The van der Waals surface area contributed by atoms with Gasteiger partial charge >= 0.3 is 5.97 Å². The Balaban J connectivity index is 1.66. The number of carbonyl (C=O) groups is 1. The number of hydrogen-bond acceptors (Lipinski definition) is 5. The predicted octanol–water partition coefficient (Wildman–Crippen LogP) is 4.94. The average molecular weight is 404 g/mol. The number of methoxy groups -OCH3 is 1. The van der Waals surface area contributed by atoms with E-state index in [4.69, 9.17) is 9.47 Å². The van der Waals surface area contributed by atoms with Crippen LogP contribution in [0, 0.1) is 0 Å². The lowest BCUT2D eigenvalue weighted by molar-refractivity contribution is 0.0467. The van der Waals surface area contributed by atoms with Crippen molar-refractivity contribution in [1.29, 1.82) is 0 Å². The van der Waals surface area contributed by atoms with Crippen LogP contribution >= 0.6 is 27.3 Å². The number of thiazole rings is 1. The van der Waals surface area contributed by atoms with Gasteiger partial charge in [-0.15, -0.1) is 11.3 Å². The fourth-order valence-corrected chi connectivity index (χ4v) is 3.34. The molecule has 0 spiro atoms. The monoisotopic (exact) mass is 403 g/mol. The van der Waals surface area contributed by atoms with Gasteiger partial charge in [0.1, 0.15) is 17.4 Å². The van der Waals surface area contributed by atoms with Crippen molar-refractivity contribution in [3.05, 3.63) is 69.6 Å². The summed E-state index contributed by atoms with van der Waals surface area (Å²) in [6.07, 6.45) is 0. The number of rotatable bonds is 5. The van der Waals surface area contributed by atoms with Crippen LogP contribution in [-0.4, -0.2) is 18.1 Å². The highest BCUT2D eigenvalue weighted by Gasteiger charge is 2.12. The first-order chi connectivity index (χ1) is 11.7. The van der Waals surface area contributed by atoms with E-state index >= 15 is 0 Å². The van der Waals surface area contributed by atoms with Gasteiger partial charge in [0.25, 0.3) is 0 Å². The lowest BCUT2D eigenvalue weighted by Gasteiger charge is -2.04. The van der Waals surface area contributed by atoms with Crippen molar-refractivity contribution in [2.24, 2.45) is 0 Å². The first-order valence-electron chi connectivity index (χ1n) is 7.18. The quantitative estimate of drug-likeness (QED) is 0.566. The number of halogens is 1. The summed E-state index contributed by atoms with van der Waals surface area (Å²) in [5, 5.41) is 2.77. The predicted molar refractivity (Wildman–Crippen MR) is 97.4 cm³/mol. The maximum Gasteiger partial charge on any atom is 0.339 e. The van der Waals surface area contributed by atoms with Crippen molar-refractivity contribution < 1.29 is 14.3 Å². The molecule has 3 rings (SSSR count). The van der Waals surface area contributed by atoms with Crippen LogP contribution in [0.15, 0.2) is 58.4 Å². The standard InChI is InChI=1S/C18H14BrNO3S/c1-22-14-8-6-12(7-9-14)17-20-13(11-24-17)10-23-18(21)15-4-2-3-5-16(15)19/h2-9,11H,10H2,1H3. The molecule has 0 atom stereocenters. The highest BCUT2D eigenvalue weighted by atomic mass is 79.9. The van der Waals surface area contributed by atoms with Crippen LogP contribution in [0.5, 0.6) is 5.75 Å². The third-order valence-electron chi connectivity index (χ3n) is 3.33. The van der Waals surface area contributed by atoms with Crippen molar-refractivity contribution in [2.75, 3.05) is 7.11 Å². The van der Waals surface area contributed by atoms with Crippen LogP contribution < -0.4 is 4.74 Å². The molecule has 24 heavy (non-hydrogen) atoms. The molecule has 122 valence electrons. The third-order valence-corrected chi connectivity index (χ3v) is 4.97. The minimum Gasteiger partial charge on any atom is -0.497 e. The molecule has 0 amide bonds. The molecule has 0 bridgehead atoms. The molecule has 0 N–H and O–H groups in total. The van der Waals surface area contributed by atoms with Crippen LogP contribution in [-0.2, 0) is 11.3 Å². The second kappa shape index (κ2) is 7.59. The Morgan fingerprint density at radius 3 is 2.62 bits per heavy atom. The van der Waals surface area contributed by atoms with Gasteiger partial charge in [-0.3, -0.25) is 0 Å². The van der Waals surface area contributed by atoms with Gasteiger partial charge in [0, 0.05) is 15.4 Å². The molecule has 4 nitrogen and oxygen atoms in total. The molecule has 3 aromatic rings. The summed E-state index contributed by atoms with van der Waals surface area (Å²) >= 11 is 4.86. The van der Waals surface area contributed by atoms with Crippen molar-refractivity contribution in [3.63, 3.8) is 0 Å². The van der Waals surface area contributed by atoms with Crippen LogP contribution in [0.1, 0.15) is 16.1 Å². The normalized spacial score (nSPS) is 10.4. The number of aromatic nitrogens is 1. The highest BCUT2D eigenvalue weighted by Crippen LogP contribution is 2.26. The zero-order valence-corrected chi connectivity index (χ0v) is 15.3. The van der Waals surface area contributed by atoms with Crippen molar-refractivity contribution in [3.8, 4) is 16.3 Å². The van der Waals surface area contributed by atoms with E-state index in [2.05, 4.69) is 20.9 Å². The zero-order valence-electron chi connectivity index (χ0n) is 12.9. The van der Waals surface area contributed by atoms with Gasteiger partial charge in [-0.05, 0) is 52.3 Å². The molecule has 6 heteroatoms. The first kappa shape index (κ1) is 16.7. The van der Waals surface area contributed by atoms with Crippen molar-refractivity contribution in [1.82, 2.24) is 4.98 Å². The van der Waals surface area contributed by atoms with Crippen molar-refractivity contribution >= 4 is 33.2 Å². The summed E-state index contributed by atoms with van der Waals surface area (Å²) in [7, 11) is 1.63. The number of carbonyl (C=O) groups excluding carboxylic acids is 1. The molecule has 0 saturated carbocycles. The molecule has 0 radical (unpaired) electrons. The Labute approximate surface area is 152 Å². The Kier molecular flexibility index (Phi) is 5.27. The lowest BCUT2D eigenvalue weighted by Crippen LogP contribution is -2.06. The fourth-order valence-electron chi connectivity index (χ4n) is 2.08. The van der Waals surface area contributed by atoms with E-state index in [1.165, 1.54) is 11.3 Å². The molecular weight excluding hydrogens is 390 g/mol. The maximum atomic E-state index is 12.1. The Morgan fingerprint density at radius 1 is 1.17 bits per heavy atom. The smallest absolute Gasteiger partial charge is 0.339 e. The molecule has 0 unspecified atom stereocenters. The number of nitrogens with zero attached hydrogens (tertiary/aromatic N) is 1. The van der Waals surface area contributed by atoms with E-state index in [1.54, 1.807) is 25.3 Å². The summed E-state index contributed by atoms with van der Waals surface area (Å²) in [5.74, 6) is 0.430. The van der Waals surface area contributed by atoms with E-state index in [9.17, 15) is 4.79 Å². The van der Waals surface area contributed by atoms with E-state index in [0.29, 0.717) is 10.0 Å². The second-order valence-electron chi connectivity index (χ2n) is 4.93. The van der Waals surface area contributed by atoms with E-state index in [-0.39, 0.29) is 12.6 Å². The van der Waals surface area contributed by atoms with Crippen LogP contribution in [0.4, 0.5) is 0 Å². The summed E-state index contributed by atoms with van der Waals surface area (Å²) in [5.41, 5.74) is 2.23. The summed E-state index contributed by atoms with van der Waals surface area (Å²) in [6, 6.07) is 14.9. The number of benzene rings is 2. The summed E-state index contributed by atoms with van der Waals surface area (Å²) in [6.45, 7) is 0.146. The largest absolute Gasteiger partial charge is 0.497 e. The number of ether oxygens (including phenoxy) is 2. The minimum absolute atomic E-state index is 0.146. The fraction of sp³-hybridized carbons (Fsp3) is 0.111. The van der Waals surface area contributed by atoms with Gasteiger partial charge in [-0.2, -0.15) is 0 Å². The van der Waals surface area contributed by atoms with Gasteiger partial charge < -0.3 is 9.47 Å². The number of esters is 1. The zero-order chi connectivity index (χ0) is 16.9. The molecule has 0 aliphatic rings. The van der Waals surface area contributed by atoms with E-state index < -0.39 is 0 Å². The van der Waals surface area contributed by atoms with E-state index in [1.807, 2.05) is 35.7 Å². The SMILES string of the molecule is COc1ccc(-c2nc(COC(=O)c3ccccc3Br)cs2)cc1. The molecular formula is C18H14BrNO3S. The molecule has 2 aromatic carbocycles. The molecule has 0 aliphatic carbocycles. The van der Waals surface area contributed by atoms with Crippen LogP contribution in [0.3, 0.4) is 0 Å². The molecule has 0 saturated heterocycles. The first-order valence-corrected chi connectivity index (χ1v) is 8.85. The van der Waals surface area contributed by atoms with Crippen LogP contribution in [0.25, 0.3) is 10.6 Å². The minimum atomic E-state index is -0.374. The van der Waals surface area contributed by atoms with Crippen LogP contribution in [0.2, 0.25) is 0 Å². The Hall–Kier alpha value is -2.18.